The van der Waals surface area contributed by atoms with Crippen molar-refractivity contribution in [1.82, 2.24) is 15.5 Å². The minimum absolute atomic E-state index is 0.0291. The van der Waals surface area contributed by atoms with Gasteiger partial charge >= 0.3 is 11.8 Å². The van der Waals surface area contributed by atoms with Gasteiger partial charge in [-0.1, -0.05) is 30.8 Å². The predicted molar refractivity (Wildman–Crippen MR) is 90.2 cm³/mol. The average molecular weight is 359 g/mol. The SMILES string of the molecule is O=C(NC1CCCCCC1)c1nc(COc2ccc3c(c2)OCO3)no1. The van der Waals surface area contributed by atoms with Crippen LogP contribution < -0.4 is 19.5 Å². The molecule has 2 aromatic rings. The van der Waals surface area contributed by atoms with Crippen molar-refractivity contribution >= 4 is 5.91 Å². The highest BCUT2D eigenvalue weighted by molar-refractivity contribution is 5.89. The van der Waals surface area contributed by atoms with Gasteiger partial charge in [0.1, 0.15) is 5.75 Å². The van der Waals surface area contributed by atoms with Crippen LogP contribution in [0.4, 0.5) is 0 Å². The molecule has 0 radical (unpaired) electrons. The van der Waals surface area contributed by atoms with Gasteiger partial charge in [-0.05, 0) is 25.0 Å². The molecule has 0 atom stereocenters. The first kappa shape index (κ1) is 16.7. The normalized spacial score (nSPS) is 16.9. The quantitative estimate of drug-likeness (QED) is 0.820. The Labute approximate surface area is 150 Å². The maximum Gasteiger partial charge on any atom is 0.316 e. The molecular weight excluding hydrogens is 338 g/mol. The number of fused-ring (bicyclic) bond motifs is 1. The summed E-state index contributed by atoms with van der Waals surface area (Å²) < 4.78 is 21.2. The van der Waals surface area contributed by atoms with Crippen LogP contribution in [0.15, 0.2) is 22.7 Å². The molecule has 1 N–H and O–H groups in total. The second-order valence-corrected chi connectivity index (χ2v) is 6.48. The van der Waals surface area contributed by atoms with Crippen LogP contribution in [-0.4, -0.2) is 28.9 Å². The zero-order valence-corrected chi connectivity index (χ0v) is 14.4. The fraction of sp³-hybridized carbons (Fsp3) is 0.500. The zero-order chi connectivity index (χ0) is 17.8. The van der Waals surface area contributed by atoms with Crippen LogP contribution in [0.5, 0.6) is 17.2 Å². The number of hydrogen-bond donors (Lipinski definition) is 1. The summed E-state index contributed by atoms with van der Waals surface area (Å²) in [6.45, 7) is 0.308. The number of rotatable bonds is 5. The number of aromatic nitrogens is 2. The summed E-state index contributed by atoms with van der Waals surface area (Å²) in [7, 11) is 0. The third-order valence-electron chi connectivity index (χ3n) is 4.56. The summed E-state index contributed by atoms with van der Waals surface area (Å²) in [5.41, 5.74) is 0. The van der Waals surface area contributed by atoms with E-state index in [2.05, 4.69) is 15.5 Å². The molecule has 8 nitrogen and oxygen atoms in total. The molecule has 8 heteroatoms. The van der Waals surface area contributed by atoms with Gasteiger partial charge in [-0.15, -0.1) is 0 Å². The van der Waals surface area contributed by atoms with Gasteiger partial charge in [-0.25, -0.2) is 0 Å². The van der Waals surface area contributed by atoms with E-state index in [1.54, 1.807) is 18.2 Å². The first-order valence-electron chi connectivity index (χ1n) is 8.94. The molecule has 138 valence electrons. The Hall–Kier alpha value is -2.77. The molecule has 1 amide bonds. The van der Waals surface area contributed by atoms with E-state index in [0.717, 1.165) is 25.7 Å². The molecule has 1 aliphatic carbocycles. The Kier molecular flexibility index (Phi) is 4.90. The lowest BCUT2D eigenvalue weighted by atomic mass is 10.1. The van der Waals surface area contributed by atoms with E-state index in [9.17, 15) is 4.79 Å². The second kappa shape index (κ2) is 7.63. The van der Waals surface area contributed by atoms with Gasteiger partial charge in [-0.3, -0.25) is 4.79 Å². The van der Waals surface area contributed by atoms with E-state index < -0.39 is 0 Å². The topological polar surface area (TPSA) is 95.7 Å². The Morgan fingerprint density at radius 2 is 1.96 bits per heavy atom. The van der Waals surface area contributed by atoms with E-state index in [-0.39, 0.29) is 31.2 Å². The molecule has 2 heterocycles. The number of amides is 1. The molecule has 1 saturated carbocycles. The van der Waals surface area contributed by atoms with Crippen LogP contribution in [0.1, 0.15) is 55.0 Å². The van der Waals surface area contributed by atoms with E-state index >= 15 is 0 Å². The highest BCUT2D eigenvalue weighted by atomic mass is 16.7. The summed E-state index contributed by atoms with van der Waals surface area (Å²) in [6, 6.07) is 5.47. The van der Waals surface area contributed by atoms with Crippen LogP contribution in [0, 0.1) is 0 Å². The Morgan fingerprint density at radius 3 is 2.81 bits per heavy atom. The third kappa shape index (κ3) is 3.89. The van der Waals surface area contributed by atoms with E-state index in [0.29, 0.717) is 23.1 Å². The Morgan fingerprint density at radius 1 is 1.15 bits per heavy atom. The Bertz CT molecular complexity index is 768. The second-order valence-electron chi connectivity index (χ2n) is 6.48. The van der Waals surface area contributed by atoms with Crippen LogP contribution in [0.3, 0.4) is 0 Å². The molecule has 2 aliphatic rings. The highest BCUT2D eigenvalue weighted by Crippen LogP contribution is 2.35. The van der Waals surface area contributed by atoms with Gasteiger partial charge in [0.2, 0.25) is 12.6 Å². The summed E-state index contributed by atoms with van der Waals surface area (Å²) in [6.07, 6.45) is 6.75. The largest absolute Gasteiger partial charge is 0.485 e. The van der Waals surface area contributed by atoms with Gasteiger partial charge in [0.25, 0.3) is 0 Å². The van der Waals surface area contributed by atoms with Crippen molar-refractivity contribution in [2.75, 3.05) is 6.79 Å². The lowest BCUT2D eigenvalue weighted by Crippen LogP contribution is -2.34. The van der Waals surface area contributed by atoms with Crippen molar-refractivity contribution in [3.05, 3.63) is 29.9 Å². The molecular formula is C18H21N3O5. The van der Waals surface area contributed by atoms with Crippen molar-refractivity contribution < 1.29 is 23.5 Å². The van der Waals surface area contributed by atoms with Gasteiger partial charge in [0.05, 0.1) is 0 Å². The van der Waals surface area contributed by atoms with Crippen LogP contribution in [0.25, 0.3) is 0 Å². The van der Waals surface area contributed by atoms with Crippen molar-refractivity contribution in [3.8, 4) is 17.2 Å². The first-order chi connectivity index (χ1) is 12.8. The molecule has 4 rings (SSSR count). The molecule has 1 aliphatic heterocycles. The van der Waals surface area contributed by atoms with Crippen LogP contribution in [0.2, 0.25) is 0 Å². The summed E-state index contributed by atoms with van der Waals surface area (Å²) in [5, 5.41) is 6.79. The fourth-order valence-corrected chi connectivity index (χ4v) is 3.19. The predicted octanol–water partition coefficient (Wildman–Crippen LogP) is 2.83. The smallest absolute Gasteiger partial charge is 0.316 e. The van der Waals surface area contributed by atoms with Crippen LogP contribution >= 0.6 is 0 Å². The van der Waals surface area contributed by atoms with Gasteiger partial charge in [-0.2, -0.15) is 4.98 Å². The van der Waals surface area contributed by atoms with E-state index in [1.807, 2.05) is 0 Å². The van der Waals surface area contributed by atoms with Crippen molar-refractivity contribution in [3.63, 3.8) is 0 Å². The molecule has 1 aromatic heterocycles. The van der Waals surface area contributed by atoms with Gasteiger partial charge in [0.15, 0.2) is 18.1 Å². The molecule has 0 bridgehead atoms. The fourth-order valence-electron chi connectivity index (χ4n) is 3.19. The van der Waals surface area contributed by atoms with Crippen molar-refractivity contribution in [1.29, 1.82) is 0 Å². The first-order valence-corrected chi connectivity index (χ1v) is 8.94. The maximum atomic E-state index is 12.3. The zero-order valence-electron chi connectivity index (χ0n) is 14.4. The molecule has 0 unspecified atom stereocenters. The summed E-state index contributed by atoms with van der Waals surface area (Å²) in [5.74, 6) is 1.89. The number of nitrogens with one attached hydrogen (secondary N) is 1. The maximum absolute atomic E-state index is 12.3. The third-order valence-corrected chi connectivity index (χ3v) is 4.56. The molecule has 26 heavy (non-hydrogen) atoms. The number of benzene rings is 1. The minimum Gasteiger partial charge on any atom is -0.485 e. The summed E-state index contributed by atoms with van der Waals surface area (Å²) in [4.78, 5) is 16.4. The number of nitrogens with zero attached hydrogens (tertiary/aromatic N) is 2. The minimum atomic E-state index is -0.321. The average Bonchev–Trinajstić information content (AvgIpc) is 3.24. The molecule has 1 fully saturated rings. The number of carbonyl (C=O) groups excluding carboxylic acids is 1. The molecule has 0 spiro atoms. The van der Waals surface area contributed by atoms with E-state index in [1.165, 1.54) is 12.8 Å². The van der Waals surface area contributed by atoms with E-state index in [4.69, 9.17) is 18.7 Å². The standard InChI is InChI=1S/C18H21N3O5/c22-17(19-12-5-3-1-2-4-6-12)18-20-16(21-26-18)10-23-13-7-8-14-15(9-13)25-11-24-14/h7-9,12H,1-6,10-11H2,(H,19,22). The Balaban J connectivity index is 1.31. The van der Waals surface area contributed by atoms with Crippen LogP contribution in [-0.2, 0) is 6.61 Å². The monoisotopic (exact) mass is 359 g/mol. The van der Waals surface area contributed by atoms with Gasteiger partial charge in [0, 0.05) is 12.1 Å². The highest BCUT2D eigenvalue weighted by Gasteiger charge is 2.20. The molecule has 0 saturated heterocycles. The van der Waals surface area contributed by atoms with Gasteiger partial charge < -0.3 is 24.1 Å². The summed E-state index contributed by atoms with van der Waals surface area (Å²) >= 11 is 0. The number of carbonyl (C=O) groups is 1. The lowest BCUT2D eigenvalue weighted by molar-refractivity contribution is 0.0889. The van der Waals surface area contributed by atoms with Crippen molar-refractivity contribution in [2.24, 2.45) is 0 Å². The number of hydrogen-bond acceptors (Lipinski definition) is 7. The lowest BCUT2D eigenvalue weighted by Gasteiger charge is -2.14. The number of ether oxygens (including phenoxy) is 3. The van der Waals surface area contributed by atoms with Crippen molar-refractivity contribution in [2.45, 2.75) is 51.2 Å². The molecule has 1 aromatic carbocycles.